The summed E-state index contributed by atoms with van der Waals surface area (Å²) in [6, 6.07) is 11.4. The molecule has 1 amide bonds. The molecule has 2 aromatic carbocycles. The average molecular weight is 446 g/mol. The number of aromatic nitrogens is 1. The highest BCUT2D eigenvalue weighted by Gasteiger charge is 2.32. The van der Waals surface area contributed by atoms with E-state index in [0.717, 1.165) is 23.8 Å². The number of rotatable bonds is 5. The second-order valence-corrected chi connectivity index (χ2v) is 8.53. The molecule has 3 rings (SSSR count). The minimum absolute atomic E-state index is 0.00672. The molecule has 160 valence electrons. The summed E-state index contributed by atoms with van der Waals surface area (Å²) in [4.78, 5) is 15.6. The third kappa shape index (κ3) is 5.37. The first-order chi connectivity index (χ1) is 14.6. The van der Waals surface area contributed by atoms with Crippen LogP contribution >= 0.6 is 0 Å². The van der Waals surface area contributed by atoms with Gasteiger partial charge in [-0.3, -0.25) is 9.78 Å². The van der Waals surface area contributed by atoms with Crippen LogP contribution in [0.3, 0.4) is 0 Å². The number of sulfone groups is 1. The molecule has 1 heterocycles. The van der Waals surface area contributed by atoms with Gasteiger partial charge in [0.15, 0.2) is 0 Å². The van der Waals surface area contributed by atoms with Gasteiger partial charge in [0.05, 0.1) is 15.4 Å². The second-order valence-electron chi connectivity index (χ2n) is 6.61. The Hall–Kier alpha value is -3.46. The molecular weight excluding hydrogens is 429 g/mol. The number of amides is 1. The van der Waals surface area contributed by atoms with Crippen molar-refractivity contribution in [2.75, 3.05) is 5.32 Å². The number of nitrogens with zero attached hydrogens (tertiary/aromatic N) is 1. The van der Waals surface area contributed by atoms with Crippen molar-refractivity contribution in [2.24, 2.45) is 0 Å². The summed E-state index contributed by atoms with van der Waals surface area (Å²) in [5.41, 5.74) is 0.184. The number of nitrogens with one attached hydrogen (secondary N) is 1. The molecule has 9 heteroatoms. The fourth-order valence-corrected chi connectivity index (χ4v) is 4.28. The van der Waals surface area contributed by atoms with Crippen molar-refractivity contribution in [1.82, 2.24) is 4.98 Å². The van der Waals surface area contributed by atoms with E-state index in [1.165, 1.54) is 37.3 Å². The lowest BCUT2D eigenvalue weighted by atomic mass is 10.1. The van der Waals surface area contributed by atoms with Crippen LogP contribution in [0.25, 0.3) is 6.08 Å². The van der Waals surface area contributed by atoms with Gasteiger partial charge in [-0.25, -0.2) is 8.42 Å². The number of anilines is 1. The van der Waals surface area contributed by atoms with Crippen molar-refractivity contribution in [1.29, 1.82) is 0 Å². The first-order valence-electron chi connectivity index (χ1n) is 8.99. The van der Waals surface area contributed by atoms with Crippen molar-refractivity contribution in [2.45, 2.75) is 22.9 Å². The number of alkyl halides is 3. The van der Waals surface area contributed by atoms with Gasteiger partial charge < -0.3 is 5.32 Å². The number of pyridine rings is 1. The van der Waals surface area contributed by atoms with E-state index in [0.29, 0.717) is 5.69 Å². The monoisotopic (exact) mass is 446 g/mol. The zero-order valence-corrected chi connectivity index (χ0v) is 17.0. The van der Waals surface area contributed by atoms with Crippen LogP contribution in [0, 0.1) is 6.92 Å². The predicted octanol–water partition coefficient (Wildman–Crippen LogP) is 4.89. The lowest BCUT2D eigenvalue weighted by Crippen LogP contribution is -2.10. The molecular formula is C22H17F3N2O3S. The highest BCUT2D eigenvalue weighted by Crippen LogP contribution is 2.33. The van der Waals surface area contributed by atoms with Gasteiger partial charge in [0, 0.05) is 24.2 Å². The molecule has 3 aromatic rings. The van der Waals surface area contributed by atoms with Gasteiger partial charge >= 0.3 is 6.18 Å². The van der Waals surface area contributed by atoms with Crippen LogP contribution in [0.4, 0.5) is 18.9 Å². The normalized spacial score (nSPS) is 12.1. The van der Waals surface area contributed by atoms with E-state index in [-0.39, 0.29) is 15.4 Å². The number of carbonyl (C=O) groups is 1. The number of carbonyl (C=O) groups excluding carboxylic acids is 1. The van der Waals surface area contributed by atoms with E-state index in [9.17, 15) is 26.4 Å². The van der Waals surface area contributed by atoms with Crippen molar-refractivity contribution in [3.05, 3.63) is 89.8 Å². The molecule has 0 unspecified atom stereocenters. The standard InChI is InChI=1S/C22H17F3N2O3S/c1-15-13-17(22(23,24)25)5-10-20(15)31(29,30)19-8-6-18(7-9-19)27-21(28)11-4-16-3-2-12-26-14-16/h2-14H,1H3,(H,27,28). The molecule has 0 aliphatic carbocycles. The summed E-state index contributed by atoms with van der Waals surface area (Å²) in [5, 5.41) is 2.60. The minimum Gasteiger partial charge on any atom is -0.323 e. The lowest BCUT2D eigenvalue weighted by Gasteiger charge is -2.12. The highest BCUT2D eigenvalue weighted by atomic mass is 32.2. The van der Waals surface area contributed by atoms with E-state index in [1.807, 2.05) is 0 Å². The molecule has 0 spiro atoms. The maximum absolute atomic E-state index is 12.8. The number of hydrogen-bond donors (Lipinski definition) is 1. The van der Waals surface area contributed by atoms with E-state index in [2.05, 4.69) is 10.3 Å². The third-order valence-electron chi connectivity index (χ3n) is 4.34. The second kappa shape index (κ2) is 8.73. The molecule has 0 aliphatic heterocycles. The molecule has 0 saturated heterocycles. The van der Waals surface area contributed by atoms with Crippen LogP contribution in [0.15, 0.2) is 82.9 Å². The Morgan fingerprint density at radius 3 is 2.35 bits per heavy atom. The van der Waals surface area contributed by atoms with Crippen molar-refractivity contribution >= 4 is 27.5 Å². The van der Waals surface area contributed by atoms with Crippen LogP contribution in [-0.4, -0.2) is 19.3 Å². The third-order valence-corrected chi connectivity index (χ3v) is 6.27. The van der Waals surface area contributed by atoms with E-state index >= 15 is 0 Å². The van der Waals surface area contributed by atoms with Gasteiger partial charge in [-0.15, -0.1) is 0 Å². The Bertz CT molecular complexity index is 1220. The van der Waals surface area contributed by atoms with Gasteiger partial charge in [0.25, 0.3) is 0 Å². The van der Waals surface area contributed by atoms with Crippen LogP contribution in [0.5, 0.6) is 0 Å². The Labute approximate surface area is 177 Å². The summed E-state index contributed by atoms with van der Waals surface area (Å²) >= 11 is 0. The molecule has 1 aromatic heterocycles. The van der Waals surface area contributed by atoms with Crippen LogP contribution < -0.4 is 5.32 Å². The van der Waals surface area contributed by atoms with Crippen LogP contribution in [0.1, 0.15) is 16.7 Å². The van der Waals surface area contributed by atoms with Gasteiger partial charge in [-0.05, 0) is 72.7 Å². The summed E-state index contributed by atoms with van der Waals surface area (Å²) < 4.78 is 64.1. The summed E-state index contributed by atoms with van der Waals surface area (Å²) in [5.74, 6) is -0.418. The van der Waals surface area contributed by atoms with E-state index < -0.39 is 27.5 Å². The van der Waals surface area contributed by atoms with Crippen LogP contribution in [0.2, 0.25) is 0 Å². The molecule has 0 bridgehead atoms. The maximum Gasteiger partial charge on any atom is 0.416 e. The summed E-state index contributed by atoms with van der Waals surface area (Å²) in [6.45, 7) is 1.31. The average Bonchev–Trinajstić information content (AvgIpc) is 2.72. The Morgan fingerprint density at radius 1 is 1.06 bits per heavy atom. The zero-order valence-electron chi connectivity index (χ0n) is 16.2. The molecule has 0 aliphatic rings. The Morgan fingerprint density at radius 2 is 1.77 bits per heavy atom. The maximum atomic E-state index is 12.8. The first-order valence-corrected chi connectivity index (χ1v) is 10.5. The van der Waals surface area contributed by atoms with E-state index in [1.54, 1.807) is 30.6 Å². The highest BCUT2D eigenvalue weighted by molar-refractivity contribution is 7.91. The van der Waals surface area contributed by atoms with Gasteiger partial charge in [-0.1, -0.05) is 6.07 Å². The predicted molar refractivity (Wildman–Crippen MR) is 110 cm³/mol. The van der Waals surface area contributed by atoms with Crippen molar-refractivity contribution < 1.29 is 26.4 Å². The lowest BCUT2D eigenvalue weighted by molar-refractivity contribution is -0.137. The van der Waals surface area contributed by atoms with Crippen molar-refractivity contribution in [3.8, 4) is 0 Å². The first kappa shape index (κ1) is 22.2. The van der Waals surface area contributed by atoms with Crippen molar-refractivity contribution in [3.63, 3.8) is 0 Å². The molecule has 5 nitrogen and oxygen atoms in total. The molecule has 0 saturated carbocycles. The largest absolute Gasteiger partial charge is 0.416 e. The zero-order chi connectivity index (χ0) is 22.6. The minimum atomic E-state index is -4.56. The number of benzene rings is 2. The quantitative estimate of drug-likeness (QED) is 0.566. The van der Waals surface area contributed by atoms with E-state index in [4.69, 9.17) is 0 Å². The molecule has 0 radical (unpaired) electrons. The van der Waals surface area contributed by atoms with Crippen LogP contribution in [-0.2, 0) is 20.8 Å². The number of halogens is 3. The molecule has 1 N–H and O–H groups in total. The van der Waals surface area contributed by atoms with Gasteiger partial charge in [-0.2, -0.15) is 13.2 Å². The summed E-state index contributed by atoms with van der Waals surface area (Å²) in [6.07, 6.45) is 1.53. The Kier molecular flexibility index (Phi) is 6.26. The fraction of sp³-hybridized carbons (Fsp3) is 0.0909. The number of aryl methyl sites for hydroxylation is 1. The Balaban J connectivity index is 1.76. The topological polar surface area (TPSA) is 76.1 Å². The number of hydrogen-bond acceptors (Lipinski definition) is 4. The fourth-order valence-electron chi connectivity index (χ4n) is 2.80. The SMILES string of the molecule is Cc1cc(C(F)(F)F)ccc1S(=O)(=O)c1ccc(NC(=O)C=Cc2cccnc2)cc1. The molecule has 0 atom stereocenters. The van der Waals surface area contributed by atoms with Gasteiger partial charge in [0.1, 0.15) is 0 Å². The summed E-state index contributed by atoms with van der Waals surface area (Å²) in [7, 11) is -4.02. The molecule has 0 fully saturated rings. The molecule has 31 heavy (non-hydrogen) atoms. The van der Waals surface area contributed by atoms with Gasteiger partial charge in [0.2, 0.25) is 15.7 Å². The smallest absolute Gasteiger partial charge is 0.323 e.